The molecule has 1 aromatic rings. The molecule has 1 aromatic carbocycles. The second-order valence-corrected chi connectivity index (χ2v) is 7.10. The van der Waals surface area contributed by atoms with Crippen molar-refractivity contribution in [2.45, 2.75) is 51.4 Å². The molecular formula is C20H30N2O. The second-order valence-electron chi connectivity index (χ2n) is 7.10. The van der Waals surface area contributed by atoms with Crippen molar-refractivity contribution >= 4 is 5.78 Å². The van der Waals surface area contributed by atoms with Crippen molar-refractivity contribution in [3.63, 3.8) is 0 Å². The number of carbonyl (C=O) groups is 1. The van der Waals surface area contributed by atoms with Crippen molar-refractivity contribution in [3.8, 4) is 0 Å². The summed E-state index contributed by atoms with van der Waals surface area (Å²) in [6, 6.07) is 6.36. The van der Waals surface area contributed by atoms with E-state index >= 15 is 0 Å². The van der Waals surface area contributed by atoms with Crippen LogP contribution in [0.3, 0.4) is 0 Å². The van der Waals surface area contributed by atoms with E-state index in [2.05, 4.69) is 22.8 Å². The van der Waals surface area contributed by atoms with Gasteiger partial charge in [0.25, 0.3) is 0 Å². The van der Waals surface area contributed by atoms with Crippen molar-refractivity contribution in [1.82, 2.24) is 10.6 Å². The van der Waals surface area contributed by atoms with Crippen LogP contribution in [0, 0.1) is 5.92 Å². The van der Waals surface area contributed by atoms with Crippen LogP contribution < -0.4 is 10.6 Å². The third-order valence-electron chi connectivity index (χ3n) is 5.40. The fourth-order valence-electron chi connectivity index (χ4n) is 3.88. The van der Waals surface area contributed by atoms with Gasteiger partial charge in [0, 0.05) is 12.0 Å². The number of Topliss-reactive ketones (excluding diaryl/α,β-unsaturated/α-hetero) is 1. The van der Waals surface area contributed by atoms with Crippen molar-refractivity contribution < 1.29 is 4.79 Å². The third-order valence-corrected chi connectivity index (χ3v) is 5.40. The molecule has 0 saturated carbocycles. The van der Waals surface area contributed by atoms with Crippen LogP contribution in [-0.2, 0) is 12.8 Å². The van der Waals surface area contributed by atoms with Gasteiger partial charge in [-0.3, -0.25) is 4.79 Å². The third kappa shape index (κ3) is 4.89. The molecule has 1 saturated heterocycles. The predicted octanol–water partition coefficient (Wildman–Crippen LogP) is 3.12. The highest BCUT2D eigenvalue weighted by molar-refractivity contribution is 5.96. The number of carbonyl (C=O) groups excluding carboxylic acids is 1. The first kappa shape index (κ1) is 16.7. The SMILES string of the molecule is O=C(CCCCC1CCNCC1)c1ccc2c(c1)CCNCC2. The van der Waals surface area contributed by atoms with Gasteiger partial charge in [0.2, 0.25) is 0 Å². The van der Waals surface area contributed by atoms with Gasteiger partial charge in [0.1, 0.15) is 0 Å². The van der Waals surface area contributed by atoms with Gasteiger partial charge in [-0.2, -0.15) is 0 Å². The number of rotatable bonds is 6. The van der Waals surface area contributed by atoms with Crippen LogP contribution in [0.15, 0.2) is 18.2 Å². The Hall–Kier alpha value is -1.19. The van der Waals surface area contributed by atoms with Crippen LogP contribution in [-0.4, -0.2) is 32.0 Å². The van der Waals surface area contributed by atoms with E-state index in [0.717, 1.165) is 43.8 Å². The number of unbranched alkanes of at least 4 members (excludes halogenated alkanes) is 1. The number of ketones is 1. The lowest BCUT2D eigenvalue weighted by molar-refractivity contribution is 0.0978. The maximum Gasteiger partial charge on any atom is 0.162 e. The molecular weight excluding hydrogens is 284 g/mol. The van der Waals surface area contributed by atoms with Crippen molar-refractivity contribution in [2.24, 2.45) is 5.92 Å². The van der Waals surface area contributed by atoms with Crippen molar-refractivity contribution in [1.29, 1.82) is 0 Å². The van der Waals surface area contributed by atoms with E-state index in [4.69, 9.17) is 0 Å². The molecule has 0 radical (unpaired) electrons. The Balaban J connectivity index is 1.45. The van der Waals surface area contributed by atoms with Gasteiger partial charge in [-0.15, -0.1) is 0 Å². The van der Waals surface area contributed by atoms with Crippen LogP contribution in [0.5, 0.6) is 0 Å². The minimum absolute atomic E-state index is 0.329. The highest BCUT2D eigenvalue weighted by Gasteiger charge is 2.14. The molecule has 2 heterocycles. The molecule has 0 spiro atoms. The molecule has 2 aliphatic rings. The Morgan fingerprint density at radius 1 is 0.957 bits per heavy atom. The van der Waals surface area contributed by atoms with Crippen molar-refractivity contribution in [3.05, 3.63) is 34.9 Å². The zero-order chi connectivity index (χ0) is 15.9. The number of hydrogen-bond acceptors (Lipinski definition) is 3. The standard InChI is InChI=1S/C20H30N2O/c23-20(4-2-1-3-16-7-11-21-12-8-16)19-6-5-17-9-13-22-14-10-18(17)15-19/h5-6,15-16,21-22H,1-4,7-14H2. The summed E-state index contributed by atoms with van der Waals surface area (Å²) in [6.45, 7) is 4.43. The topological polar surface area (TPSA) is 41.1 Å². The maximum atomic E-state index is 12.4. The molecule has 0 bridgehead atoms. The first-order chi connectivity index (χ1) is 11.3. The molecule has 3 nitrogen and oxygen atoms in total. The Labute approximate surface area is 140 Å². The summed E-state index contributed by atoms with van der Waals surface area (Å²) in [4.78, 5) is 12.4. The van der Waals surface area contributed by atoms with E-state index in [1.54, 1.807) is 0 Å². The van der Waals surface area contributed by atoms with Gasteiger partial charge in [-0.1, -0.05) is 25.0 Å². The number of piperidine rings is 1. The Bertz CT molecular complexity index is 520. The van der Waals surface area contributed by atoms with Gasteiger partial charge >= 0.3 is 0 Å². The maximum absolute atomic E-state index is 12.4. The average Bonchev–Trinajstić information content (AvgIpc) is 2.84. The summed E-state index contributed by atoms with van der Waals surface area (Å²) in [5.74, 6) is 1.21. The average molecular weight is 314 g/mol. The van der Waals surface area contributed by atoms with E-state index in [1.807, 2.05) is 6.07 Å². The van der Waals surface area contributed by atoms with Gasteiger partial charge in [-0.05, 0) is 81.4 Å². The molecule has 2 aliphatic heterocycles. The summed E-state index contributed by atoms with van der Waals surface area (Å²) in [5, 5.41) is 6.84. The van der Waals surface area contributed by atoms with Crippen LogP contribution in [0.25, 0.3) is 0 Å². The quantitative estimate of drug-likeness (QED) is 0.626. The van der Waals surface area contributed by atoms with E-state index in [1.165, 1.54) is 49.9 Å². The van der Waals surface area contributed by atoms with Crippen LogP contribution in [0.2, 0.25) is 0 Å². The molecule has 3 heteroatoms. The van der Waals surface area contributed by atoms with Crippen LogP contribution >= 0.6 is 0 Å². The Kier molecular flexibility index (Phi) is 6.23. The summed E-state index contributed by atoms with van der Waals surface area (Å²) in [7, 11) is 0. The fraction of sp³-hybridized carbons (Fsp3) is 0.650. The first-order valence-electron chi connectivity index (χ1n) is 9.39. The van der Waals surface area contributed by atoms with E-state index in [0.29, 0.717) is 12.2 Å². The molecule has 0 amide bonds. The van der Waals surface area contributed by atoms with Gasteiger partial charge in [-0.25, -0.2) is 0 Å². The monoisotopic (exact) mass is 314 g/mol. The fourth-order valence-corrected chi connectivity index (χ4v) is 3.88. The van der Waals surface area contributed by atoms with Gasteiger partial charge in [0.05, 0.1) is 0 Å². The van der Waals surface area contributed by atoms with Gasteiger partial charge in [0.15, 0.2) is 5.78 Å². The predicted molar refractivity (Wildman–Crippen MR) is 95.1 cm³/mol. The van der Waals surface area contributed by atoms with Crippen LogP contribution in [0.4, 0.5) is 0 Å². The molecule has 1 fully saturated rings. The Morgan fingerprint density at radius 3 is 2.52 bits per heavy atom. The van der Waals surface area contributed by atoms with E-state index < -0.39 is 0 Å². The zero-order valence-electron chi connectivity index (χ0n) is 14.2. The largest absolute Gasteiger partial charge is 0.317 e. The summed E-state index contributed by atoms with van der Waals surface area (Å²) in [5.41, 5.74) is 3.71. The summed E-state index contributed by atoms with van der Waals surface area (Å²) in [6.07, 6.45) is 9.01. The highest BCUT2D eigenvalue weighted by Crippen LogP contribution is 2.21. The zero-order valence-corrected chi connectivity index (χ0v) is 14.2. The van der Waals surface area contributed by atoms with Crippen molar-refractivity contribution in [2.75, 3.05) is 26.2 Å². The van der Waals surface area contributed by atoms with E-state index in [-0.39, 0.29) is 0 Å². The number of fused-ring (bicyclic) bond motifs is 1. The summed E-state index contributed by atoms with van der Waals surface area (Å²) >= 11 is 0. The molecule has 2 N–H and O–H groups in total. The molecule has 0 atom stereocenters. The van der Waals surface area contributed by atoms with E-state index in [9.17, 15) is 4.79 Å². The number of benzene rings is 1. The second kappa shape index (κ2) is 8.60. The smallest absolute Gasteiger partial charge is 0.162 e. The minimum atomic E-state index is 0.329. The minimum Gasteiger partial charge on any atom is -0.317 e. The Morgan fingerprint density at radius 2 is 1.70 bits per heavy atom. The molecule has 0 aliphatic carbocycles. The molecule has 0 aromatic heterocycles. The molecule has 126 valence electrons. The number of nitrogens with one attached hydrogen (secondary N) is 2. The van der Waals surface area contributed by atoms with Gasteiger partial charge < -0.3 is 10.6 Å². The lowest BCUT2D eigenvalue weighted by Gasteiger charge is -2.22. The molecule has 0 unspecified atom stereocenters. The highest BCUT2D eigenvalue weighted by atomic mass is 16.1. The number of hydrogen-bond donors (Lipinski definition) is 2. The summed E-state index contributed by atoms with van der Waals surface area (Å²) < 4.78 is 0. The lowest BCUT2D eigenvalue weighted by Crippen LogP contribution is -2.27. The van der Waals surface area contributed by atoms with Crippen LogP contribution in [0.1, 0.15) is 60.0 Å². The molecule has 23 heavy (non-hydrogen) atoms. The normalized spacial score (nSPS) is 19.1. The molecule has 3 rings (SSSR count). The first-order valence-corrected chi connectivity index (χ1v) is 9.39. The lowest BCUT2D eigenvalue weighted by atomic mass is 9.91.